The smallest absolute Gasteiger partial charge is 0.520 e. The molecule has 1 N–H and O–H groups in total. The van der Waals surface area contributed by atoms with Crippen LogP contribution in [0.1, 0.15) is 0 Å². The molecule has 0 aromatic heterocycles. The summed E-state index contributed by atoms with van der Waals surface area (Å²) in [5, 5.41) is 0. The van der Waals surface area contributed by atoms with Crippen LogP contribution in [-0.2, 0) is 19.3 Å². The summed E-state index contributed by atoms with van der Waals surface area (Å²) in [4.78, 5) is 0. The molecule has 1 saturated heterocycles. The fourth-order valence-electron chi connectivity index (χ4n) is 1.47. The lowest BCUT2D eigenvalue weighted by Crippen LogP contribution is -2.31. The van der Waals surface area contributed by atoms with E-state index in [-0.39, 0.29) is 0 Å². The van der Waals surface area contributed by atoms with Gasteiger partial charge in [-0.25, -0.2) is 8.42 Å². The molecule has 0 aliphatic carbocycles. The van der Waals surface area contributed by atoms with E-state index in [0.717, 1.165) is 11.7 Å². The molecule has 5 nitrogen and oxygen atoms in total. The first-order chi connectivity index (χ1) is 8.35. The van der Waals surface area contributed by atoms with Crippen LogP contribution in [-0.4, -0.2) is 21.8 Å². The van der Waals surface area contributed by atoms with E-state index < -0.39 is 17.1 Å². The van der Waals surface area contributed by atoms with Crippen molar-refractivity contribution >= 4 is 28.3 Å². The Bertz CT molecular complexity index is 578. The third-order valence-electron chi connectivity index (χ3n) is 2.30. The van der Waals surface area contributed by atoms with Crippen molar-refractivity contribution in [3.05, 3.63) is 48.9 Å². The van der Waals surface area contributed by atoms with Gasteiger partial charge >= 0.3 is 7.12 Å². The number of hydrogen-bond acceptors (Lipinski definition) is 4. The molecule has 1 heterocycles. The molecule has 1 aliphatic rings. The fraction of sp³-hybridized carbons (Fsp3) is 0.0909. The van der Waals surface area contributed by atoms with Gasteiger partial charge in [0.2, 0.25) is 10.0 Å². The highest BCUT2D eigenvalue weighted by Gasteiger charge is 2.34. The molecule has 0 saturated carbocycles. The average Bonchev–Trinajstić information content (AvgIpc) is 2.58. The third kappa shape index (κ3) is 2.86. The Morgan fingerprint density at radius 1 is 1.11 bits per heavy atom. The Kier molecular flexibility index (Phi) is 3.08. The lowest BCUT2D eigenvalue weighted by atomic mass is 9.79. The van der Waals surface area contributed by atoms with E-state index >= 15 is 0 Å². The summed E-state index contributed by atoms with van der Waals surface area (Å²) in [5.41, 5.74) is 1.24. The van der Waals surface area contributed by atoms with E-state index in [1.807, 2.05) is 0 Å². The number of benzene rings is 1. The lowest BCUT2D eigenvalue weighted by molar-refractivity contribution is 0.431. The predicted molar refractivity (Wildman–Crippen MR) is 70.7 cm³/mol. The van der Waals surface area contributed by atoms with Gasteiger partial charge in [0, 0.05) is 11.2 Å². The molecule has 0 amide bonds. The van der Waals surface area contributed by atoms with Crippen molar-refractivity contribution < 1.29 is 17.7 Å². The van der Waals surface area contributed by atoms with E-state index in [0.29, 0.717) is 17.2 Å². The number of anilines is 1. The zero-order chi connectivity index (χ0) is 13.3. The largest absolute Gasteiger partial charge is 0.632 e. The van der Waals surface area contributed by atoms with Crippen molar-refractivity contribution in [3.8, 4) is 0 Å². The van der Waals surface area contributed by atoms with E-state index in [2.05, 4.69) is 17.9 Å². The number of nitrogens with one attached hydrogen (secondary N) is 1. The van der Waals surface area contributed by atoms with Crippen LogP contribution in [0.4, 0.5) is 5.69 Å². The summed E-state index contributed by atoms with van der Waals surface area (Å²) in [5.74, 6) is 0.802. The van der Waals surface area contributed by atoms with Crippen molar-refractivity contribution in [2.24, 2.45) is 0 Å². The topological polar surface area (TPSA) is 64.6 Å². The molecule has 18 heavy (non-hydrogen) atoms. The van der Waals surface area contributed by atoms with Crippen molar-refractivity contribution in [2.45, 2.75) is 0 Å². The molecule has 1 fully saturated rings. The first-order valence-corrected chi connectivity index (χ1v) is 7.03. The maximum atomic E-state index is 11.0. The summed E-state index contributed by atoms with van der Waals surface area (Å²) in [7, 11) is -3.84. The fourth-order valence-corrected chi connectivity index (χ4v) is 2.04. The van der Waals surface area contributed by atoms with E-state index in [9.17, 15) is 8.42 Å². The number of rotatable bonds is 3. The molecule has 0 radical (unpaired) electrons. The SMILES string of the molecule is C=C1OB(c2ccc(NS(C)(=O)=O)cc2)OC1=C. The molecule has 0 unspecified atom stereocenters. The van der Waals surface area contributed by atoms with Gasteiger partial charge in [0.1, 0.15) is 11.5 Å². The second kappa shape index (κ2) is 4.42. The molecule has 94 valence electrons. The molecule has 1 aliphatic heterocycles. The minimum atomic E-state index is -3.27. The minimum absolute atomic E-state index is 0.401. The second-order valence-electron chi connectivity index (χ2n) is 3.91. The second-order valence-corrected chi connectivity index (χ2v) is 5.66. The quantitative estimate of drug-likeness (QED) is 0.822. The van der Waals surface area contributed by atoms with Crippen LogP contribution in [0, 0.1) is 0 Å². The van der Waals surface area contributed by atoms with Gasteiger partial charge in [-0.2, -0.15) is 0 Å². The standard InChI is InChI=1S/C11H12BNO4S/c1-8-9(2)17-12(16-8)10-4-6-11(7-5-10)13-18(3,14)15/h4-7,13H,1-2H2,3H3. The average molecular weight is 265 g/mol. The Morgan fingerprint density at radius 2 is 1.61 bits per heavy atom. The van der Waals surface area contributed by atoms with Crippen LogP contribution in [0.3, 0.4) is 0 Å². The van der Waals surface area contributed by atoms with Crippen molar-refractivity contribution in [2.75, 3.05) is 11.0 Å². The predicted octanol–water partition coefficient (Wildman–Crippen LogP) is 0.828. The third-order valence-corrected chi connectivity index (χ3v) is 2.90. The molecule has 0 atom stereocenters. The molecule has 1 aromatic carbocycles. The summed E-state index contributed by atoms with van der Waals surface area (Å²) in [6.45, 7) is 7.28. The van der Waals surface area contributed by atoms with Gasteiger partial charge in [0.05, 0.1) is 6.26 Å². The number of sulfonamides is 1. The van der Waals surface area contributed by atoms with Gasteiger partial charge in [-0.05, 0) is 12.1 Å². The van der Waals surface area contributed by atoms with Crippen LogP contribution in [0.2, 0.25) is 0 Å². The normalized spacial score (nSPS) is 15.3. The van der Waals surface area contributed by atoms with Gasteiger partial charge in [-0.15, -0.1) is 0 Å². The summed E-state index contributed by atoms with van der Waals surface area (Å²) < 4.78 is 35.2. The maximum Gasteiger partial charge on any atom is 0.632 e. The minimum Gasteiger partial charge on any atom is -0.520 e. The van der Waals surface area contributed by atoms with Crippen LogP contribution >= 0.6 is 0 Å². The molecule has 0 bridgehead atoms. The van der Waals surface area contributed by atoms with E-state index in [4.69, 9.17) is 9.31 Å². The van der Waals surface area contributed by atoms with Gasteiger partial charge in [-0.3, -0.25) is 4.72 Å². The molecular weight excluding hydrogens is 253 g/mol. The van der Waals surface area contributed by atoms with Crippen molar-refractivity contribution in [1.82, 2.24) is 0 Å². The molecule has 1 aromatic rings. The Morgan fingerprint density at radius 3 is 2.06 bits per heavy atom. The first kappa shape index (κ1) is 12.6. The highest BCUT2D eigenvalue weighted by atomic mass is 32.2. The van der Waals surface area contributed by atoms with Gasteiger partial charge in [-0.1, -0.05) is 25.3 Å². The Balaban J connectivity index is 2.13. The Labute approximate surface area is 106 Å². The molecule has 0 spiro atoms. The van der Waals surface area contributed by atoms with Gasteiger partial charge in [0.25, 0.3) is 0 Å². The summed E-state index contributed by atoms with van der Waals surface area (Å²) in [6, 6.07) is 6.69. The van der Waals surface area contributed by atoms with Crippen LogP contribution < -0.4 is 10.2 Å². The molecule has 7 heteroatoms. The molecule has 2 rings (SSSR count). The van der Waals surface area contributed by atoms with E-state index in [1.54, 1.807) is 24.3 Å². The van der Waals surface area contributed by atoms with Crippen molar-refractivity contribution in [1.29, 1.82) is 0 Å². The van der Waals surface area contributed by atoms with Crippen molar-refractivity contribution in [3.63, 3.8) is 0 Å². The first-order valence-electron chi connectivity index (χ1n) is 5.14. The maximum absolute atomic E-state index is 11.0. The Hall–Kier alpha value is -1.89. The summed E-state index contributed by atoms with van der Waals surface area (Å²) >= 11 is 0. The highest BCUT2D eigenvalue weighted by molar-refractivity contribution is 7.92. The lowest BCUT2D eigenvalue weighted by Gasteiger charge is -2.06. The zero-order valence-electron chi connectivity index (χ0n) is 9.84. The van der Waals surface area contributed by atoms with Gasteiger partial charge < -0.3 is 9.31 Å². The highest BCUT2D eigenvalue weighted by Crippen LogP contribution is 2.20. The molecular formula is C11H12BNO4S. The van der Waals surface area contributed by atoms with Crippen LogP contribution in [0.25, 0.3) is 0 Å². The van der Waals surface area contributed by atoms with E-state index in [1.165, 1.54) is 0 Å². The van der Waals surface area contributed by atoms with Gasteiger partial charge in [0.15, 0.2) is 0 Å². The number of hydrogen-bond donors (Lipinski definition) is 1. The zero-order valence-corrected chi connectivity index (χ0v) is 10.7. The van der Waals surface area contributed by atoms with Crippen LogP contribution in [0.5, 0.6) is 0 Å². The summed E-state index contributed by atoms with van der Waals surface area (Å²) in [6.07, 6.45) is 1.10. The monoisotopic (exact) mass is 265 g/mol. The van der Waals surface area contributed by atoms with Crippen LogP contribution in [0.15, 0.2) is 48.9 Å².